The molecule has 1 unspecified atom stereocenters. The van der Waals surface area contributed by atoms with E-state index in [4.69, 9.17) is 0 Å². The van der Waals surface area contributed by atoms with Gasteiger partial charge in [-0.2, -0.15) is 5.11 Å². The molecule has 0 radical (unpaired) electrons. The normalized spacial score (nSPS) is 20.6. The van der Waals surface area contributed by atoms with Crippen molar-refractivity contribution in [3.63, 3.8) is 0 Å². The largest absolute Gasteiger partial charge is 0.290 e. The minimum atomic E-state index is -0.501. The first kappa shape index (κ1) is 7.79. The van der Waals surface area contributed by atoms with Crippen molar-refractivity contribution >= 4 is 12.0 Å². The van der Waals surface area contributed by atoms with E-state index in [1.165, 1.54) is 6.21 Å². The molecule has 0 saturated carbocycles. The highest BCUT2D eigenvalue weighted by molar-refractivity contribution is 6.30. The molecule has 1 aliphatic rings. The highest BCUT2D eigenvalue weighted by Crippen LogP contribution is 2.19. The molecule has 0 aliphatic carbocycles. The highest BCUT2D eigenvalue weighted by Gasteiger charge is 2.19. The number of carbonyl (C=O) groups excluding carboxylic acids is 1. The zero-order chi connectivity index (χ0) is 9.10. The van der Waals surface area contributed by atoms with Crippen LogP contribution in [-0.4, -0.2) is 12.0 Å². The van der Waals surface area contributed by atoms with Gasteiger partial charge in [0.25, 0.3) is 0 Å². The van der Waals surface area contributed by atoms with Crippen molar-refractivity contribution in [2.24, 2.45) is 15.4 Å². The number of ketones is 1. The Balaban J connectivity index is 2.32. The van der Waals surface area contributed by atoms with Crippen LogP contribution in [0, 0.1) is 0 Å². The van der Waals surface area contributed by atoms with Crippen molar-refractivity contribution < 1.29 is 4.79 Å². The number of carbonyl (C=O) groups is 1. The summed E-state index contributed by atoms with van der Waals surface area (Å²) in [7, 11) is 0. The maximum Gasteiger partial charge on any atom is 0.206 e. The lowest BCUT2D eigenvalue weighted by molar-refractivity contribution is -0.114. The second kappa shape index (κ2) is 3.26. The van der Waals surface area contributed by atoms with E-state index < -0.39 is 6.04 Å². The second-order valence-corrected chi connectivity index (χ2v) is 2.67. The predicted molar refractivity (Wildman–Crippen MR) is 47.5 cm³/mol. The van der Waals surface area contributed by atoms with Gasteiger partial charge in [-0.3, -0.25) is 4.79 Å². The molecule has 2 rings (SSSR count). The smallest absolute Gasteiger partial charge is 0.206 e. The van der Waals surface area contributed by atoms with Gasteiger partial charge in [0.1, 0.15) is 0 Å². The summed E-state index contributed by atoms with van der Waals surface area (Å²) in [6, 6.07) is 8.82. The average molecular weight is 173 g/mol. The van der Waals surface area contributed by atoms with Crippen molar-refractivity contribution in [3.05, 3.63) is 35.9 Å². The quantitative estimate of drug-likeness (QED) is 0.638. The highest BCUT2D eigenvalue weighted by atomic mass is 16.1. The number of Topliss-reactive ketones (excluding diaryl/α,β-unsaturated/α-hetero) is 1. The number of nitrogens with zero attached hydrogens (tertiary/aromatic N) is 3. The fourth-order valence-corrected chi connectivity index (χ4v) is 1.16. The van der Waals surface area contributed by atoms with Crippen LogP contribution in [0.4, 0.5) is 0 Å². The van der Waals surface area contributed by atoms with Gasteiger partial charge in [-0.05, 0) is 10.8 Å². The number of hydrogen-bond donors (Lipinski definition) is 0. The van der Waals surface area contributed by atoms with Crippen LogP contribution in [0.15, 0.2) is 45.8 Å². The standard InChI is InChI=1S/C9H7N3O/c13-8-6-10-12-11-9(8)7-4-2-1-3-5-7/h1-6,9H. The summed E-state index contributed by atoms with van der Waals surface area (Å²) in [4.78, 5) is 11.3. The zero-order valence-electron chi connectivity index (χ0n) is 6.79. The summed E-state index contributed by atoms with van der Waals surface area (Å²) in [5.74, 6) is -0.124. The molecule has 1 heterocycles. The van der Waals surface area contributed by atoms with E-state index in [2.05, 4.69) is 15.4 Å². The first-order valence-corrected chi connectivity index (χ1v) is 3.90. The Labute approximate surface area is 75.0 Å². The molecule has 0 spiro atoms. The molecule has 1 aliphatic heterocycles. The fraction of sp³-hybridized carbons (Fsp3) is 0.111. The lowest BCUT2D eigenvalue weighted by Gasteiger charge is -2.08. The van der Waals surface area contributed by atoms with Crippen LogP contribution in [0.1, 0.15) is 11.6 Å². The third kappa shape index (κ3) is 1.51. The lowest BCUT2D eigenvalue weighted by Crippen LogP contribution is -2.13. The second-order valence-electron chi connectivity index (χ2n) is 2.67. The van der Waals surface area contributed by atoms with E-state index in [-0.39, 0.29) is 5.78 Å². The van der Waals surface area contributed by atoms with E-state index >= 15 is 0 Å². The molecule has 0 fully saturated rings. The van der Waals surface area contributed by atoms with Crippen LogP contribution in [0.2, 0.25) is 0 Å². The summed E-state index contributed by atoms with van der Waals surface area (Å²) in [5, 5.41) is 10.6. The van der Waals surface area contributed by atoms with Gasteiger partial charge in [0.15, 0.2) is 6.04 Å². The third-order valence-corrected chi connectivity index (χ3v) is 1.79. The van der Waals surface area contributed by atoms with Crippen molar-refractivity contribution in [3.8, 4) is 0 Å². The maximum atomic E-state index is 11.3. The Morgan fingerprint density at radius 3 is 2.62 bits per heavy atom. The molecule has 0 bridgehead atoms. The summed E-state index contributed by atoms with van der Waals surface area (Å²) >= 11 is 0. The number of hydrogen-bond acceptors (Lipinski definition) is 4. The van der Waals surface area contributed by atoms with Gasteiger partial charge in [0, 0.05) is 0 Å². The molecule has 4 nitrogen and oxygen atoms in total. The monoisotopic (exact) mass is 173 g/mol. The third-order valence-electron chi connectivity index (χ3n) is 1.79. The number of rotatable bonds is 1. The molecule has 4 heteroatoms. The van der Waals surface area contributed by atoms with Crippen molar-refractivity contribution in [1.29, 1.82) is 0 Å². The topological polar surface area (TPSA) is 54.1 Å². The van der Waals surface area contributed by atoms with Gasteiger partial charge in [0.2, 0.25) is 5.78 Å². The van der Waals surface area contributed by atoms with Gasteiger partial charge < -0.3 is 0 Å². The van der Waals surface area contributed by atoms with E-state index in [1.54, 1.807) is 0 Å². The fourth-order valence-electron chi connectivity index (χ4n) is 1.16. The molecule has 1 atom stereocenters. The minimum absolute atomic E-state index is 0.124. The average Bonchev–Trinajstić information content (AvgIpc) is 2.20. The van der Waals surface area contributed by atoms with Crippen LogP contribution >= 0.6 is 0 Å². The van der Waals surface area contributed by atoms with Gasteiger partial charge in [-0.25, -0.2) is 0 Å². The van der Waals surface area contributed by atoms with Crippen LogP contribution < -0.4 is 0 Å². The van der Waals surface area contributed by atoms with E-state index in [0.717, 1.165) is 5.56 Å². The minimum Gasteiger partial charge on any atom is -0.290 e. The van der Waals surface area contributed by atoms with Crippen molar-refractivity contribution in [2.45, 2.75) is 6.04 Å². The van der Waals surface area contributed by atoms with Gasteiger partial charge in [0.05, 0.1) is 6.21 Å². The summed E-state index contributed by atoms with van der Waals surface area (Å²) in [5.41, 5.74) is 0.849. The van der Waals surface area contributed by atoms with E-state index in [0.29, 0.717) is 0 Å². The van der Waals surface area contributed by atoms with Gasteiger partial charge in [-0.1, -0.05) is 30.3 Å². The molecular weight excluding hydrogens is 166 g/mol. The molecule has 0 aromatic heterocycles. The summed E-state index contributed by atoms with van der Waals surface area (Å²) in [6.45, 7) is 0. The summed E-state index contributed by atoms with van der Waals surface area (Å²) in [6.07, 6.45) is 1.20. The van der Waals surface area contributed by atoms with Crippen LogP contribution in [0.25, 0.3) is 0 Å². The molecule has 64 valence electrons. The van der Waals surface area contributed by atoms with Crippen molar-refractivity contribution in [1.82, 2.24) is 0 Å². The Morgan fingerprint density at radius 2 is 1.92 bits per heavy atom. The predicted octanol–water partition coefficient (Wildman–Crippen LogP) is 1.75. The Morgan fingerprint density at radius 1 is 1.15 bits per heavy atom. The molecule has 13 heavy (non-hydrogen) atoms. The SMILES string of the molecule is O=C1C=NN=NC1c1ccccc1. The molecule has 1 aromatic rings. The zero-order valence-corrected chi connectivity index (χ0v) is 6.79. The van der Waals surface area contributed by atoms with E-state index in [1.807, 2.05) is 30.3 Å². The maximum absolute atomic E-state index is 11.3. The van der Waals surface area contributed by atoms with Gasteiger partial charge in [-0.15, -0.1) is 5.10 Å². The Bertz CT molecular complexity index is 370. The number of benzene rings is 1. The first-order valence-electron chi connectivity index (χ1n) is 3.90. The Kier molecular flexibility index (Phi) is 1.96. The molecule has 0 amide bonds. The van der Waals surface area contributed by atoms with Crippen LogP contribution in [0.5, 0.6) is 0 Å². The van der Waals surface area contributed by atoms with Crippen LogP contribution in [-0.2, 0) is 4.79 Å². The Hall–Kier alpha value is -1.84. The first-order chi connectivity index (χ1) is 6.38. The summed E-state index contributed by atoms with van der Waals surface area (Å²) < 4.78 is 0. The van der Waals surface area contributed by atoms with Crippen LogP contribution in [0.3, 0.4) is 0 Å². The van der Waals surface area contributed by atoms with Crippen molar-refractivity contribution in [2.75, 3.05) is 0 Å². The van der Waals surface area contributed by atoms with Gasteiger partial charge >= 0.3 is 0 Å². The van der Waals surface area contributed by atoms with E-state index in [9.17, 15) is 4.79 Å². The molecular formula is C9H7N3O. The molecule has 0 saturated heterocycles. The lowest BCUT2D eigenvalue weighted by atomic mass is 10.0. The molecule has 0 N–H and O–H groups in total. The molecule has 1 aromatic carbocycles.